The highest BCUT2D eigenvalue weighted by atomic mass is 16.5. The number of aliphatic hydroxyl groups excluding tert-OH is 1. The highest BCUT2D eigenvalue weighted by molar-refractivity contribution is 5.80. The van der Waals surface area contributed by atoms with Crippen LogP contribution < -0.4 is 5.73 Å². The second-order valence-electron chi connectivity index (χ2n) is 3.97. The molecule has 2 aromatic heterocycles. The number of aliphatic hydroxyl groups is 1. The van der Waals surface area contributed by atoms with Crippen LogP contribution in [0.3, 0.4) is 0 Å². The molecule has 1 aliphatic rings. The largest absolute Gasteiger partial charge is 0.394 e. The number of nitrogen functional groups attached to an aromatic ring is 1. The third-order valence-corrected chi connectivity index (χ3v) is 2.90. The summed E-state index contributed by atoms with van der Waals surface area (Å²) >= 11 is 0. The Morgan fingerprint density at radius 1 is 1.47 bits per heavy atom. The molecule has 3 rings (SSSR count). The number of imidazole rings is 1. The third kappa shape index (κ3) is 1.61. The molecule has 8 heteroatoms. The van der Waals surface area contributed by atoms with E-state index < -0.39 is 0 Å². The van der Waals surface area contributed by atoms with Crippen LogP contribution in [0.5, 0.6) is 0 Å². The van der Waals surface area contributed by atoms with Crippen LogP contribution >= 0.6 is 0 Å². The second-order valence-corrected chi connectivity index (χ2v) is 3.97. The van der Waals surface area contributed by atoms with Gasteiger partial charge in [0.1, 0.15) is 6.23 Å². The molecular formula is C9H12N6O2. The predicted octanol–water partition coefficient (Wildman–Crippen LogP) is -0.527. The Bertz CT molecular complexity index is 541. The lowest BCUT2D eigenvalue weighted by atomic mass is 10.2. The molecule has 1 saturated heterocycles. The number of fused-ring (bicyclic) bond motifs is 1. The van der Waals surface area contributed by atoms with Crippen molar-refractivity contribution in [3.8, 4) is 0 Å². The Kier molecular flexibility index (Phi) is 2.37. The smallest absolute Gasteiger partial charge is 0.190 e. The minimum Gasteiger partial charge on any atom is -0.394 e. The van der Waals surface area contributed by atoms with E-state index in [-0.39, 0.29) is 24.8 Å². The summed E-state index contributed by atoms with van der Waals surface area (Å²) in [6, 6.07) is 0. The van der Waals surface area contributed by atoms with Gasteiger partial charge in [0.2, 0.25) is 0 Å². The molecule has 0 saturated carbocycles. The first-order valence-electron chi connectivity index (χ1n) is 5.37. The maximum absolute atomic E-state index is 9.03. The van der Waals surface area contributed by atoms with Gasteiger partial charge in [0.15, 0.2) is 17.0 Å². The van der Waals surface area contributed by atoms with Gasteiger partial charge >= 0.3 is 0 Å². The van der Waals surface area contributed by atoms with Gasteiger partial charge in [-0.1, -0.05) is 0 Å². The van der Waals surface area contributed by atoms with Crippen LogP contribution in [0.4, 0.5) is 5.82 Å². The molecular weight excluding hydrogens is 224 g/mol. The van der Waals surface area contributed by atoms with Gasteiger partial charge in [-0.25, -0.2) is 4.98 Å². The molecule has 0 amide bonds. The number of nitrogens with zero attached hydrogens (tertiary/aromatic N) is 5. The maximum atomic E-state index is 9.03. The van der Waals surface area contributed by atoms with Crippen LogP contribution in [0.1, 0.15) is 19.1 Å². The zero-order valence-corrected chi connectivity index (χ0v) is 9.02. The molecule has 17 heavy (non-hydrogen) atoms. The fourth-order valence-corrected chi connectivity index (χ4v) is 2.03. The molecule has 1 aliphatic heterocycles. The zero-order valence-electron chi connectivity index (χ0n) is 9.02. The van der Waals surface area contributed by atoms with Crippen molar-refractivity contribution in [3.63, 3.8) is 0 Å². The van der Waals surface area contributed by atoms with Gasteiger partial charge in [-0.2, -0.15) is 0 Å². The highest BCUT2D eigenvalue weighted by Crippen LogP contribution is 2.30. The number of anilines is 1. The van der Waals surface area contributed by atoms with Gasteiger partial charge in [-0.15, -0.1) is 10.2 Å². The fraction of sp³-hybridized carbons (Fsp3) is 0.556. The minimum absolute atomic E-state index is 0.0263. The average molecular weight is 236 g/mol. The molecule has 3 heterocycles. The maximum Gasteiger partial charge on any atom is 0.190 e. The molecule has 2 unspecified atom stereocenters. The fourth-order valence-electron chi connectivity index (χ4n) is 2.03. The Morgan fingerprint density at radius 2 is 2.35 bits per heavy atom. The Hall–Kier alpha value is -1.80. The molecule has 3 N–H and O–H groups in total. The molecule has 2 atom stereocenters. The summed E-state index contributed by atoms with van der Waals surface area (Å²) < 4.78 is 7.42. The van der Waals surface area contributed by atoms with E-state index in [4.69, 9.17) is 15.6 Å². The lowest BCUT2D eigenvalue weighted by Crippen LogP contribution is -2.14. The lowest BCUT2D eigenvalue weighted by Gasteiger charge is -2.13. The number of hydrogen-bond donors (Lipinski definition) is 2. The van der Waals surface area contributed by atoms with Gasteiger partial charge in [-0.3, -0.25) is 4.57 Å². The average Bonchev–Trinajstić information content (AvgIpc) is 2.94. The normalized spacial score (nSPS) is 24.5. The topological polar surface area (TPSA) is 112 Å². The second kappa shape index (κ2) is 3.90. The zero-order chi connectivity index (χ0) is 11.8. The summed E-state index contributed by atoms with van der Waals surface area (Å²) in [7, 11) is 0. The van der Waals surface area contributed by atoms with Crippen molar-refractivity contribution in [2.75, 3.05) is 12.3 Å². The van der Waals surface area contributed by atoms with E-state index in [1.807, 2.05) is 0 Å². The lowest BCUT2D eigenvalue weighted by molar-refractivity contribution is -0.0207. The highest BCUT2D eigenvalue weighted by Gasteiger charge is 2.27. The first-order chi connectivity index (χ1) is 8.29. The van der Waals surface area contributed by atoms with E-state index in [2.05, 4.69) is 20.4 Å². The van der Waals surface area contributed by atoms with Gasteiger partial charge in [0.05, 0.1) is 19.0 Å². The van der Waals surface area contributed by atoms with Gasteiger partial charge in [-0.05, 0) is 18.1 Å². The van der Waals surface area contributed by atoms with E-state index in [0.717, 1.165) is 12.8 Å². The molecule has 2 aromatic rings. The van der Waals surface area contributed by atoms with Crippen molar-refractivity contribution in [2.24, 2.45) is 0 Å². The van der Waals surface area contributed by atoms with Gasteiger partial charge in [0.25, 0.3) is 0 Å². The van der Waals surface area contributed by atoms with Crippen molar-refractivity contribution in [1.29, 1.82) is 0 Å². The van der Waals surface area contributed by atoms with Crippen LogP contribution in [0.15, 0.2) is 6.33 Å². The van der Waals surface area contributed by atoms with Crippen LogP contribution in [0.2, 0.25) is 0 Å². The molecule has 90 valence electrons. The number of nitrogens with two attached hydrogens (primary N) is 1. The van der Waals surface area contributed by atoms with Crippen LogP contribution in [0, 0.1) is 0 Å². The van der Waals surface area contributed by atoms with Gasteiger partial charge < -0.3 is 15.6 Å². The van der Waals surface area contributed by atoms with Crippen molar-refractivity contribution < 1.29 is 9.84 Å². The Labute approximate surface area is 96.4 Å². The van der Waals surface area contributed by atoms with E-state index in [9.17, 15) is 0 Å². The first kappa shape index (κ1) is 10.4. The van der Waals surface area contributed by atoms with Crippen LogP contribution in [-0.4, -0.2) is 42.8 Å². The standard InChI is InChI=1S/C9H12N6O2/c10-8-7-9(13-14-12-8)15(4-11-7)6-2-1-5(3-16)17-6/h4-6,16H,1-3H2,(H2,10,12,13). The number of hydrogen-bond acceptors (Lipinski definition) is 7. The van der Waals surface area contributed by atoms with Gasteiger partial charge in [0, 0.05) is 0 Å². The quantitative estimate of drug-likeness (QED) is 0.720. The summed E-state index contributed by atoms with van der Waals surface area (Å²) in [5.41, 5.74) is 6.73. The molecule has 0 aliphatic carbocycles. The summed E-state index contributed by atoms with van der Waals surface area (Å²) in [4.78, 5) is 4.14. The Morgan fingerprint density at radius 3 is 3.12 bits per heavy atom. The number of ether oxygens (including phenoxy) is 1. The summed E-state index contributed by atoms with van der Waals surface area (Å²) in [6.45, 7) is 0.0263. The number of rotatable bonds is 2. The minimum atomic E-state index is -0.173. The molecule has 0 radical (unpaired) electrons. The van der Waals surface area contributed by atoms with Crippen LogP contribution in [0.25, 0.3) is 11.2 Å². The van der Waals surface area contributed by atoms with Crippen LogP contribution in [-0.2, 0) is 4.74 Å². The van der Waals surface area contributed by atoms with E-state index in [1.54, 1.807) is 10.9 Å². The van der Waals surface area contributed by atoms with E-state index >= 15 is 0 Å². The molecule has 8 nitrogen and oxygen atoms in total. The number of aromatic nitrogens is 5. The summed E-state index contributed by atoms with van der Waals surface area (Å²) in [6.07, 6.45) is 2.94. The molecule has 0 bridgehead atoms. The molecule has 0 spiro atoms. The molecule has 1 fully saturated rings. The van der Waals surface area contributed by atoms with E-state index in [1.165, 1.54) is 0 Å². The summed E-state index contributed by atoms with van der Waals surface area (Å²) in [5, 5.41) is 20.1. The first-order valence-corrected chi connectivity index (χ1v) is 5.37. The van der Waals surface area contributed by atoms with Crippen molar-refractivity contribution in [2.45, 2.75) is 25.2 Å². The van der Waals surface area contributed by atoms with Crippen molar-refractivity contribution in [3.05, 3.63) is 6.33 Å². The Balaban J connectivity index is 1.99. The van der Waals surface area contributed by atoms with Crippen molar-refractivity contribution in [1.82, 2.24) is 25.0 Å². The third-order valence-electron chi connectivity index (χ3n) is 2.90. The van der Waals surface area contributed by atoms with E-state index in [0.29, 0.717) is 11.2 Å². The summed E-state index contributed by atoms with van der Waals surface area (Å²) in [5.74, 6) is 0.255. The molecule has 0 aromatic carbocycles. The van der Waals surface area contributed by atoms with Crippen molar-refractivity contribution >= 4 is 17.0 Å². The SMILES string of the molecule is Nc1nnnc2c1ncn2C1CCC(CO)O1. The monoisotopic (exact) mass is 236 g/mol. The predicted molar refractivity (Wildman–Crippen MR) is 57.8 cm³/mol.